The lowest BCUT2D eigenvalue weighted by Crippen LogP contribution is -2.39. The molecule has 2 fully saturated rings. The molecule has 0 saturated carbocycles. The molecule has 4 nitrogen and oxygen atoms in total. The summed E-state index contributed by atoms with van der Waals surface area (Å²) in [5.41, 5.74) is 0. The molecule has 2 unspecified atom stereocenters. The van der Waals surface area contributed by atoms with Crippen molar-refractivity contribution in [3.05, 3.63) is 27.7 Å². The van der Waals surface area contributed by atoms with Gasteiger partial charge in [-0.15, -0.1) is 0 Å². The molecule has 0 spiro atoms. The number of rotatable bonds is 2. The maximum atomic E-state index is 12.7. The van der Waals surface area contributed by atoms with E-state index in [1.54, 1.807) is 22.5 Å². The van der Waals surface area contributed by atoms with Crippen LogP contribution in [-0.2, 0) is 10.0 Å². The monoisotopic (exact) mass is 378 g/mol. The minimum absolute atomic E-state index is 0.285. The number of fused-ring (bicyclic) bond motifs is 2. The molecule has 2 atom stereocenters. The Balaban J connectivity index is 1.89. The lowest BCUT2D eigenvalue weighted by molar-refractivity contribution is 0.383. The maximum absolute atomic E-state index is 12.7. The van der Waals surface area contributed by atoms with Gasteiger partial charge in [-0.3, -0.25) is 0 Å². The number of hydrogen-bond acceptors (Lipinski definition) is 3. The molecule has 0 aromatic heterocycles. The van der Waals surface area contributed by atoms with Crippen molar-refractivity contribution in [3.8, 4) is 0 Å². The quantitative estimate of drug-likeness (QED) is 0.859. The highest BCUT2D eigenvalue weighted by molar-refractivity contribution is 9.10. The van der Waals surface area contributed by atoms with Crippen LogP contribution < -0.4 is 5.32 Å². The molecule has 7 heteroatoms. The van der Waals surface area contributed by atoms with Crippen LogP contribution >= 0.6 is 27.5 Å². The smallest absolute Gasteiger partial charge is 0.243 e. The van der Waals surface area contributed by atoms with Crippen LogP contribution in [0.15, 0.2) is 27.6 Å². The average molecular weight is 380 g/mol. The highest BCUT2D eigenvalue weighted by Gasteiger charge is 2.34. The minimum atomic E-state index is -3.44. The Labute approximate surface area is 132 Å². The Morgan fingerprint density at radius 1 is 1.25 bits per heavy atom. The number of hydrogen-bond donors (Lipinski definition) is 1. The number of nitrogens with one attached hydrogen (secondary N) is 1. The van der Waals surface area contributed by atoms with E-state index in [1.165, 1.54) is 0 Å². The average Bonchev–Trinajstić information content (AvgIpc) is 2.71. The molecule has 20 heavy (non-hydrogen) atoms. The minimum Gasteiger partial charge on any atom is -0.310 e. The summed E-state index contributed by atoms with van der Waals surface area (Å²) in [6, 6.07) is 5.51. The van der Waals surface area contributed by atoms with Crippen molar-refractivity contribution >= 4 is 37.6 Å². The van der Waals surface area contributed by atoms with Gasteiger partial charge in [0.15, 0.2) is 0 Å². The van der Waals surface area contributed by atoms with Gasteiger partial charge in [0.2, 0.25) is 10.0 Å². The molecule has 2 aliphatic rings. The number of halogens is 2. The maximum Gasteiger partial charge on any atom is 0.243 e. The normalized spacial score (nSPS) is 27.5. The van der Waals surface area contributed by atoms with E-state index in [-0.39, 0.29) is 6.04 Å². The fraction of sp³-hybridized carbons (Fsp3) is 0.538. The first-order chi connectivity index (χ1) is 9.46. The van der Waals surface area contributed by atoms with Crippen LogP contribution in [0.25, 0.3) is 0 Å². The third-order valence-corrected chi connectivity index (χ3v) is 7.09. The first-order valence-corrected chi connectivity index (χ1v) is 9.29. The van der Waals surface area contributed by atoms with Crippen LogP contribution in [0.3, 0.4) is 0 Å². The predicted molar refractivity (Wildman–Crippen MR) is 82.5 cm³/mol. The van der Waals surface area contributed by atoms with Crippen LogP contribution in [0.5, 0.6) is 0 Å². The predicted octanol–water partition coefficient (Wildman–Crippen LogP) is 2.62. The Morgan fingerprint density at radius 3 is 2.75 bits per heavy atom. The van der Waals surface area contributed by atoms with E-state index in [0.29, 0.717) is 33.5 Å². The van der Waals surface area contributed by atoms with Crippen molar-refractivity contribution in [1.29, 1.82) is 0 Å². The van der Waals surface area contributed by atoms with Crippen LogP contribution in [0.1, 0.15) is 19.3 Å². The van der Waals surface area contributed by atoms with Gasteiger partial charge in [-0.2, -0.15) is 4.31 Å². The summed E-state index contributed by atoms with van der Waals surface area (Å²) in [4.78, 5) is 0.298. The second-order valence-corrected chi connectivity index (χ2v) is 8.56. The van der Waals surface area contributed by atoms with Gasteiger partial charge in [-0.05, 0) is 53.4 Å². The van der Waals surface area contributed by atoms with Crippen molar-refractivity contribution in [2.75, 3.05) is 13.1 Å². The molecule has 2 bridgehead atoms. The van der Waals surface area contributed by atoms with Gasteiger partial charge in [-0.1, -0.05) is 11.6 Å². The first kappa shape index (κ1) is 14.8. The van der Waals surface area contributed by atoms with Crippen molar-refractivity contribution in [1.82, 2.24) is 9.62 Å². The number of nitrogens with zero attached hydrogens (tertiary/aromatic N) is 1. The summed E-state index contributed by atoms with van der Waals surface area (Å²) in [7, 11) is -3.44. The van der Waals surface area contributed by atoms with E-state index in [2.05, 4.69) is 21.2 Å². The summed E-state index contributed by atoms with van der Waals surface area (Å²) < 4.78 is 27.6. The summed E-state index contributed by atoms with van der Waals surface area (Å²) >= 11 is 9.21. The zero-order chi connectivity index (χ0) is 14.3. The van der Waals surface area contributed by atoms with Crippen molar-refractivity contribution in [3.63, 3.8) is 0 Å². The fourth-order valence-corrected chi connectivity index (χ4v) is 5.09. The second-order valence-electron chi connectivity index (χ2n) is 5.37. The molecule has 1 aromatic carbocycles. The van der Waals surface area contributed by atoms with Gasteiger partial charge in [0.25, 0.3) is 0 Å². The molecule has 3 rings (SSSR count). The highest BCUT2D eigenvalue weighted by atomic mass is 79.9. The third-order valence-electron chi connectivity index (χ3n) is 4.01. The molecule has 0 radical (unpaired) electrons. The van der Waals surface area contributed by atoms with Crippen molar-refractivity contribution in [2.24, 2.45) is 0 Å². The van der Waals surface area contributed by atoms with E-state index < -0.39 is 10.0 Å². The third kappa shape index (κ3) is 2.76. The van der Waals surface area contributed by atoms with Crippen LogP contribution in [0.4, 0.5) is 0 Å². The Bertz CT molecular complexity index is 623. The molecule has 0 amide bonds. The molecule has 1 N–H and O–H groups in total. The largest absolute Gasteiger partial charge is 0.310 e. The van der Waals surface area contributed by atoms with E-state index in [9.17, 15) is 8.42 Å². The number of sulfonamides is 1. The molecular weight excluding hydrogens is 364 g/mol. The van der Waals surface area contributed by atoms with Gasteiger partial charge < -0.3 is 5.32 Å². The van der Waals surface area contributed by atoms with E-state index in [0.717, 1.165) is 19.3 Å². The van der Waals surface area contributed by atoms with Gasteiger partial charge >= 0.3 is 0 Å². The lowest BCUT2D eigenvalue weighted by Gasteiger charge is -2.23. The summed E-state index contributed by atoms with van der Waals surface area (Å²) in [5, 5.41) is 4.00. The zero-order valence-electron chi connectivity index (χ0n) is 10.9. The molecule has 110 valence electrons. The van der Waals surface area contributed by atoms with E-state index in [1.807, 2.05) is 0 Å². The lowest BCUT2D eigenvalue weighted by atomic mass is 10.1. The van der Waals surface area contributed by atoms with Gasteiger partial charge in [0.05, 0.1) is 9.92 Å². The SMILES string of the molecule is O=S(=O)(c1ccc(Cl)c(Br)c1)N1CCC2CCC(C1)N2. The molecule has 0 aliphatic carbocycles. The van der Waals surface area contributed by atoms with Crippen molar-refractivity contribution in [2.45, 2.75) is 36.2 Å². The fourth-order valence-electron chi connectivity index (χ4n) is 2.92. The van der Waals surface area contributed by atoms with Crippen LogP contribution in [0.2, 0.25) is 5.02 Å². The molecule has 2 saturated heterocycles. The summed E-state index contributed by atoms with van der Waals surface area (Å²) in [6.45, 7) is 1.13. The Kier molecular flexibility index (Phi) is 4.12. The molecule has 2 heterocycles. The Hall–Kier alpha value is -0.140. The topological polar surface area (TPSA) is 49.4 Å². The first-order valence-electron chi connectivity index (χ1n) is 6.68. The van der Waals surface area contributed by atoms with E-state index >= 15 is 0 Å². The standard InChI is InChI=1S/C13H16BrClN2O2S/c14-12-7-11(3-4-13(12)15)20(18,19)17-6-5-9-1-2-10(8-17)16-9/h3-4,7,9-10,16H,1-2,5-6,8H2. The summed E-state index contributed by atoms with van der Waals surface area (Å²) in [5.74, 6) is 0. The van der Waals surface area contributed by atoms with E-state index in [4.69, 9.17) is 11.6 Å². The zero-order valence-corrected chi connectivity index (χ0v) is 14.0. The molecule has 2 aliphatic heterocycles. The van der Waals surface area contributed by atoms with Crippen LogP contribution in [-0.4, -0.2) is 37.9 Å². The van der Waals surface area contributed by atoms with Crippen molar-refractivity contribution < 1.29 is 8.42 Å². The summed E-state index contributed by atoms with van der Waals surface area (Å²) in [6.07, 6.45) is 3.09. The second kappa shape index (κ2) is 5.57. The molecule has 1 aromatic rings. The molecular formula is C13H16BrClN2O2S. The van der Waals surface area contributed by atoms with Gasteiger partial charge in [0, 0.05) is 29.6 Å². The highest BCUT2D eigenvalue weighted by Crippen LogP contribution is 2.29. The van der Waals surface area contributed by atoms with Crippen LogP contribution in [0, 0.1) is 0 Å². The Morgan fingerprint density at radius 2 is 2.00 bits per heavy atom. The van der Waals surface area contributed by atoms with Gasteiger partial charge in [-0.25, -0.2) is 8.42 Å². The van der Waals surface area contributed by atoms with Gasteiger partial charge in [0.1, 0.15) is 0 Å². The number of benzene rings is 1.